The van der Waals surface area contributed by atoms with Gasteiger partial charge in [0.2, 0.25) is 0 Å². The van der Waals surface area contributed by atoms with Crippen LogP contribution in [0.15, 0.2) is 36.4 Å². The SMILES string of the molecule is COc1cc2c(CC(=O)O)c(C)n(C(=O)c3ccc(C(F)F)cc3)c2cc1Cl. The fourth-order valence-corrected chi connectivity index (χ4v) is 3.41. The van der Waals surface area contributed by atoms with E-state index in [0.29, 0.717) is 27.9 Å². The summed E-state index contributed by atoms with van der Waals surface area (Å²) in [5.74, 6) is -1.17. The van der Waals surface area contributed by atoms with E-state index in [9.17, 15) is 23.5 Å². The number of ether oxygens (including phenoxy) is 1. The number of methoxy groups -OCH3 is 1. The molecule has 28 heavy (non-hydrogen) atoms. The van der Waals surface area contributed by atoms with Crippen molar-refractivity contribution in [3.63, 3.8) is 0 Å². The Morgan fingerprint density at radius 1 is 1.21 bits per heavy atom. The number of carbonyl (C=O) groups is 2. The van der Waals surface area contributed by atoms with Crippen LogP contribution in [0.4, 0.5) is 8.78 Å². The summed E-state index contributed by atoms with van der Waals surface area (Å²) in [6, 6.07) is 8.13. The lowest BCUT2D eigenvalue weighted by Crippen LogP contribution is -2.14. The van der Waals surface area contributed by atoms with Crippen molar-refractivity contribution in [3.05, 3.63) is 63.8 Å². The van der Waals surface area contributed by atoms with E-state index in [2.05, 4.69) is 0 Å². The minimum absolute atomic E-state index is 0.190. The highest BCUT2D eigenvalue weighted by Crippen LogP contribution is 2.35. The first-order valence-electron chi connectivity index (χ1n) is 8.26. The fourth-order valence-electron chi connectivity index (χ4n) is 3.17. The molecule has 1 heterocycles. The van der Waals surface area contributed by atoms with E-state index >= 15 is 0 Å². The number of benzene rings is 2. The van der Waals surface area contributed by atoms with Gasteiger partial charge in [-0.05, 0) is 36.8 Å². The molecule has 0 spiro atoms. The Kier molecular flexibility index (Phi) is 5.38. The van der Waals surface area contributed by atoms with Crippen LogP contribution >= 0.6 is 11.6 Å². The zero-order chi connectivity index (χ0) is 20.6. The monoisotopic (exact) mass is 407 g/mol. The van der Waals surface area contributed by atoms with Gasteiger partial charge in [-0.2, -0.15) is 0 Å². The molecule has 3 rings (SSSR count). The van der Waals surface area contributed by atoms with Gasteiger partial charge in [0, 0.05) is 22.2 Å². The van der Waals surface area contributed by atoms with Gasteiger partial charge in [0.25, 0.3) is 12.3 Å². The summed E-state index contributed by atoms with van der Waals surface area (Å²) in [4.78, 5) is 24.4. The smallest absolute Gasteiger partial charge is 0.307 e. The molecule has 1 N–H and O–H groups in total. The summed E-state index contributed by atoms with van der Waals surface area (Å²) in [6.07, 6.45) is -2.93. The average molecular weight is 408 g/mol. The summed E-state index contributed by atoms with van der Waals surface area (Å²) >= 11 is 6.20. The van der Waals surface area contributed by atoms with Crippen LogP contribution < -0.4 is 4.74 Å². The number of aromatic nitrogens is 1. The second kappa shape index (κ2) is 7.59. The maximum absolute atomic E-state index is 13.1. The first-order valence-corrected chi connectivity index (χ1v) is 8.64. The van der Waals surface area contributed by atoms with Crippen LogP contribution in [0.5, 0.6) is 5.75 Å². The molecule has 0 saturated carbocycles. The van der Waals surface area contributed by atoms with Gasteiger partial charge in [0.1, 0.15) is 5.75 Å². The molecule has 0 saturated heterocycles. The topological polar surface area (TPSA) is 68.5 Å². The summed E-state index contributed by atoms with van der Waals surface area (Å²) in [5, 5.41) is 10.0. The van der Waals surface area contributed by atoms with E-state index in [1.807, 2.05) is 0 Å². The number of carboxylic acid groups (broad SMARTS) is 1. The molecular weight excluding hydrogens is 392 g/mol. The van der Waals surface area contributed by atoms with Crippen molar-refractivity contribution in [2.24, 2.45) is 0 Å². The Hall–Kier alpha value is -2.93. The van der Waals surface area contributed by atoms with Crippen molar-refractivity contribution >= 4 is 34.4 Å². The van der Waals surface area contributed by atoms with Crippen LogP contribution in [0.2, 0.25) is 5.02 Å². The molecule has 0 amide bonds. The van der Waals surface area contributed by atoms with Gasteiger partial charge >= 0.3 is 5.97 Å². The van der Waals surface area contributed by atoms with Crippen LogP contribution in [-0.2, 0) is 11.2 Å². The lowest BCUT2D eigenvalue weighted by Gasteiger charge is -2.09. The molecule has 0 fully saturated rings. The summed E-state index contributed by atoms with van der Waals surface area (Å²) in [7, 11) is 1.43. The number of nitrogens with zero attached hydrogens (tertiary/aromatic N) is 1. The van der Waals surface area contributed by atoms with Crippen LogP contribution in [-0.4, -0.2) is 28.7 Å². The van der Waals surface area contributed by atoms with Crippen molar-refractivity contribution in [2.45, 2.75) is 19.8 Å². The van der Waals surface area contributed by atoms with E-state index in [1.54, 1.807) is 13.0 Å². The molecule has 2 aromatic carbocycles. The predicted molar refractivity (Wildman–Crippen MR) is 101 cm³/mol. The predicted octanol–water partition coefficient (Wildman–Crippen LogP) is 4.86. The van der Waals surface area contributed by atoms with E-state index in [4.69, 9.17) is 16.3 Å². The van der Waals surface area contributed by atoms with E-state index in [1.165, 1.54) is 42.0 Å². The molecule has 0 bridgehead atoms. The lowest BCUT2D eigenvalue weighted by atomic mass is 10.1. The quantitative estimate of drug-likeness (QED) is 0.655. The van der Waals surface area contributed by atoms with Crippen LogP contribution in [0.1, 0.15) is 33.6 Å². The molecule has 0 atom stereocenters. The first-order chi connectivity index (χ1) is 13.2. The molecule has 0 radical (unpaired) electrons. The second-order valence-electron chi connectivity index (χ2n) is 6.20. The highest BCUT2D eigenvalue weighted by Gasteiger charge is 2.23. The first kappa shape index (κ1) is 19.8. The maximum Gasteiger partial charge on any atom is 0.307 e. The maximum atomic E-state index is 13.1. The van der Waals surface area contributed by atoms with Crippen molar-refractivity contribution in [1.82, 2.24) is 4.57 Å². The zero-order valence-corrected chi connectivity index (χ0v) is 15.8. The van der Waals surface area contributed by atoms with Crippen LogP contribution in [0.25, 0.3) is 10.9 Å². The minimum atomic E-state index is -2.63. The lowest BCUT2D eigenvalue weighted by molar-refractivity contribution is -0.136. The van der Waals surface area contributed by atoms with E-state index in [-0.39, 0.29) is 22.6 Å². The number of rotatable bonds is 5. The highest BCUT2D eigenvalue weighted by molar-refractivity contribution is 6.33. The molecule has 8 heteroatoms. The number of alkyl halides is 2. The molecule has 0 aliphatic heterocycles. The standard InChI is InChI=1S/C20H16ClF2NO4/c1-10-13(8-18(25)26)14-7-17(28-2)15(21)9-16(14)24(10)20(27)12-5-3-11(4-6-12)19(22)23/h3-7,9,19H,8H2,1-2H3,(H,25,26). The average Bonchev–Trinajstić information content (AvgIpc) is 2.91. The molecule has 0 aliphatic rings. The Morgan fingerprint density at radius 3 is 2.39 bits per heavy atom. The zero-order valence-electron chi connectivity index (χ0n) is 15.0. The number of carboxylic acids is 1. The number of carbonyl (C=O) groups excluding carboxylic acids is 1. The van der Waals surface area contributed by atoms with Gasteiger partial charge in [-0.25, -0.2) is 8.78 Å². The Morgan fingerprint density at radius 2 is 1.86 bits per heavy atom. The third-order valence-electron chi connectivity index (χ3n) is 4.55. The molecule has 5 nitrogen and oxygen atoms in total. The second-order valence-corrected chi connectivity index (χ2v) is 6.61. The number of aliphatic carboxylic acids is 1. The minimum Gasteiger partial charge on any atom is -0.495 e. The Balaban J connectivity index is 2.21. The number of halogens is 3. The van der Waals surface area contributed by atoms with Crippen LogP contribution in [0, 0.1) is 6.92 Å². The summed E-state index contributed by atoms with van der Waals surface area (Å²) in [6.45, 7) is 1.63. The molecule has 146 valence electrons. The number of hydrogen-bond acceptors (Lipinski definition) is 3. The molecule has 0 unspecified atom stereocenters. The van der Waals surface area contributed by atoms with E-state index in [0.717, 1.165) is 0 Å². The molecular formula is C20H16ClF2NO4. The van der Waals surface area contributed by atoms with Gasteiger partial charge in [-0.1, -0.05) is 23.7 Å². The van der Waals surface area contributed by atoms with Gasteiger partial charge in [0.15, 0.2) is 0 Å². The summed E-state index contributed by atoms with van der Waals surface area (Å²) in [5.41, 5.74) is 1.31. The third kappa shape index (κ3) is 3.45. The fraction of sp³-hybridized carbons (Fsp3) is 0.200. The van der Waals surface area contributed by atoms with Crippen molar-refractivity contribution in [3.8, 4) is 5.75 Å². The molecule has 1 aromatic heterocycles. The summed E-state index contributed by atoms with van der Waals surface area (Å²) < 4.78 is 32.1. The van der Waals surface area contributed by atoms with Gasteiger partial charge in [-0.3, -0.25) is 14.2 Å². The van der Waals surface area contributed by atoms with E-state index < -0.39 is 18.3 Å². The Labute approximate surface area is 164 Å². The third-order valence-corrected chi connectivity index (χ3v) is 4.84. The largest absolute Gasteiger partial charge is 0.495 e. The molecule has 3 aromatic rings. The van der Waals surface area contributed by atoms with Crippen molar-refractivity contribution in [1.29, 1.82) is 0 Å². The number of fused-ring (bicyclic) bond motifs is 1. The number of hydrogen-bond donors (Lipinski definition) is 1. The van der Waals surface area contributed by atoms with Crippen molar-refractivity contribution < 1.29 is 28.2 Å². The molecule has 0 aliphatic carbocycles. The van der Waals surface area contributed by atoms with Gasteiger partial charge < -0.3 is 9.84 Å². The van der Waals surface area contributed by atoms with Gasteiger partial charge in [-0.15, -0.1) is 0 Å². The normalized spacial score (nSPS) is 11.2. The highest BCUT2D eigenvalue weighted by atomic mass is 35.5. The van der Waals surface area contributed by atoms with Crippen molar-refractivity contribution in [2.75, 3.05) is 7.11 Å². The van der Waals surface area contributed by atoms with Crippen LogP contribution in [0.3, 0.4) is 0 Å². The van der Waals surface area contributed by atoms with Gasteiger partial charge in [0.05, 0.1) is 24.1 Å². The Bertz CT molecular complexity index is 1070.